The second-order valence-electron chi connectivity index (χ2n) is 7.49. The molecule has 10 heteroatoms. The van der Waals surface area contributed by atoms with Crippen molar-refractivity contribution in [1.29, 1.82) is 0 Å². The van der Waals surface area contributed by atoms with Crippen molar-refractivity contribution in [2.24, 2.45) is 5.73 Å². The summed E-state index contributed by atoms with van der Waals surface area (Å²) in [6.07, 6.45) is -1.76. The van der Waals surface area contributed by atoms with Gasteiger partial charge in [-0.2, -0.15) is 13.2 Å². The highest BCUT2D eigenvalue weighted by atomic mass is 35.5. The van der Waals surface area contributed by atoms with Crippen LogP contribution in [0, 0.1) is 0 Å². The van der Waals surface area contributed by atoms with Gasteiger partial charge in [-0.1, -0.05) is 18.2 Å². The van der Waals surface area contributed by atoms with Gasteiger partial charge in [0, 0.05) is 38.9 Å². The number of rotatable bonds is 4. The molecule has 29 heavy (non-hydrogen) atoms. The van der Waals surface area contributed by atoms with Crippen molar-refractivity contribution in [2.45, 2.75) is 50.0 Å². The van der Waals surface area contributed by atoms with Gasteiger partial charge in [0.25, 0.3) is 0 Å². The highest BCUT2D eigenvalue weighted by molar-refractivity contribution is 5.86. The number of piperidine rings is 1. The molecule has 0 bridgehead atoms. The van der Waals surface area contributed by atoms with Gasteiger partial charge in [0.15, 0.2) is 0 Å². The molecule has 3 rings (SSSR count). The third kappa shape index (κ3) is 7.00. The van der Waals surface area contributed by atoms with E-state index in [0.29, 0.717) is 38.2 Å². The Morgan fingerprint density at radius 2 is 1.83 bits per heavy atom. The molecule has 166 valence electrons. The lowest BCUT2D eigenvalue weighted by Crippen LogP contribution is -2.59. The number of amides is 1. The standard InChI is InChI=1S/C19H26F3N3O2.2ClH/c20-19(21,22)15-3-1-2-14(12-15)13-25-8-4-16(5-9-25)24-17(26)18(23)6-10-27-11-7-18;;/h1-3,12,16H,4-11,13,23H2,(H,24,26);2*1H. The Labute approximate surface area is 181 Å². The van der Waals surface area contributed by atoms with E-state index in [2.05, 4.69) is 10.2 Å². The molecule has 2 aliphatic heterocycles. The third-order valence-electron chi connectivity index (χ3n) is 5.42. The van der Waals surface area contributed by atoms with Crippen LogP contribution in [-0.4, -0.2) is 48.7 Å². The van der Waals surface area contributed by atoms with Gasteiger partial charge >= 0.3 is 6.18 Å². The van der Waals surface area contributed by atoms with Gasteiger partial charge in [-0.15, -0.1) is 24.8 Å². The minimum atomic E-state index is -4.32. The van der Waals surface area contributed by atoms with Crippen molar-refractivity contribution in [3.63, 3.8) is 0 Å². The molecular weight excluding hydrogens is 430 g/mol. The fourth-order valence-corrected chi connectivity index (χ4v) is 3.63. The summed E-state index contributed by atoms with van der Waals surface area (Å²) in [7, 11) is 0. The lowest BCUT2D eigenvalue weighted by atomic mass is 9.89. The molecule has 2 aliphatic rings. The first-order valence-corrected chi connectivity index (χ1v) is 9.32. The molecule has 0 aliphatic carbocycles. The molecule has 2 heterocycles. The van der Waals surface area contributed by atoms with Crippen LogP contribution in [0.3, 0.4) is 0 Å². The van der Waals surface area contributed by atoms with E-state index in [-0.39, 0.29) is 36.8 Å². The number of halogens is 5. The maximum Gasteiger partial charge on any atom is 0.416 e. The minimum absolute atomic E-state index is 0. The zero-order valence-electron chi connectivity index (χ0n) is 16.0. The Morgan fingerprint density at radius 1 is 1.21 bits per heavy atom. The number of hydrogen-bond acceptors (Lipinski definition) is 4. The Hall–Kier alpha value is -1.06. The van der Waals surface area contributed by atoms with E-state index in [0.717, 1.165) is 32.0 Å². The Morgan fingerprint density at radius 3 is 2.41 bits per heavy atom. The lowest BCUT2D eigenvalue weighted by Gasteiger charge is -2.36. The fraction of sp³-hybridized carbons (Fsp3) is 0.632. The highest BCUT2D eigenvalue weighted by Crippen LogP contribution is 2.30. The third-order valence-corrected chi connectivity index (χ3v) is 5.42. The topological polar surface area (TPSA) is 67.6 Å². The summed E-state index contributed by atoms with van der Waals surface area (Å²) in [5, 5.41) is 3.05. The second kappa shape index (κ2) is 10.8. The molecule has 5 nitrogen and oxygen atoms in total. The van der Waals surface area contributed by atoms with Crippen LogP contribution in [-0.2, 0) is 22.3 Å². The summed E-state index contributed by atoms with van der Waals surface area (Å²) in [5.41, 5.74) is 5.38. The van der Waals surface area contributed by atoms with Gasteiger partial charge < -0.3 is 15.8 Å². The number of carbonyl (C=O) groups excluding carboxylic acids is 1. The number of alkyl halides is 3. The van der Waals surface area contributed by atoms with Crippen LogP contribution >= 0.6 is 24.8 Å². The Kier molecular flexibility index (Phi) is 9.69. The van der Waals surface area contributed by atoms with Crippen molar-refractivity contribution in [2.75, 3.05) is 26.3 Å². The molecule has 1 amide bonds. The molecule has 2 saturated heterocycles. The van der Waals surface area contributed by atoms with Crippen molar-refractivity contribution < 1.29 is 22.7 Å². The summed E-state index contributed by atoms with van der Waals surface area (Å²) in [4.78, 5) is 14.6. The first kappa shape index (κ1) is 26.0. The molecule has 2 fully saturated rings. The van der Waals surface area contributed by atoms with E-state index in [4.69, 9.17) is 10.5 Å². The lowest BCUT2D eigenvalue weighted by molar-refractivity contribution is -0.137. The van der Waals surface area contributed by atoms with E-state index in [1.165, 1.54) is 12.1 Å². The van der Waals surface area contributed by atoms with Gasteiger partial charge in [0.1, 0.15) is 0 Å². The molecule has 1 aromatic carbocycles. The number of likely N-dealkylation sites (tertiary alicyclic amines) is 1. The van der Waals surface area contributed by atoms with Crippen LogP contribution in [0.25, 0.3) is 0 Å². The van der Waals surface area contributed by atoms with Crippen molar-refractivity contribution >= 4 is 30.7 Å². The second-order valence-corrected chi connectivity index (χ2v) is 7.49. The number of nitrogens with two attached hydrogens (primary N) is 1. The molecule has 0 unspecified atom stereocenters. The van der Waals surface area contributed by atoms with E-state index in [1.54, 1.807) is 6.07 Å². The largest absolute Gasteiger partial charge is 0.416 e. The molecular formula is C19H28Cl2F3N3O2. The van der Waals surface area contributed by atoms with Gasteiger partial charge in [0.05, 0.1) is 11.1 Å². The van der Waals surface area contributed by atoms with E-state index < -0.39 is 17.3 Å². The average molecular weight is 458 g/mol. The number of carbonyl (C=O) groups is 1. The number of ether oxygens (including phenoxy) is 1. The van der Waals surface area contributed by atoms with Crippen LogP contribution in [0.2, 0.25) is 0 Å². The molecule has 0 saturated carbocycles. The van der Waals surface area contributed by atoms with Crippen molar-refractivity contribution in [1.82, 2.24) is 10.2 Å². The Bertz CT molecular complexity index is 662. The van der Waals surface area contributed by atoms with Crippen LogP contribution in [0.4, 0.5) is 13.2 Å². The van der Waals surface area contributed by atoms with Gasteiger partial charge in [-0.05, 0) is 37.3 Å². The first-order valence-electron chi connectivity index (χ1n) is 9.32. The maximum absolute atomic E-state index is 12.8. The summed E-state index contributed by atoms with van der Waals surface area (Å²) in [6, 6.07) is 5.51. The minimum Gasteiger partial charge on any atom is -0.381 e. The van der Waals surface area contributed by atoms with Crippen molar-refractivity contribution in [3.05, 3.63) is 35.4 Å². The normalized spacial score (nSPS) is 20.3. The summed E-state index contributed by atoms with van der Waals surface area (Å²) < 4.78 is 43.8. The molecule has 0 atom stereocenters. The zero-order chi connectivity index (χ0) is 19.5. The monoisotopic (exact) mass is 457 g/mol. The van der Waals surface area contributed by atoms with Crippen LogP contribution in [0.15, 0.2) is 24.3 Å². The predicted octanol–water partition coefficient (Wildman–Crippen LogP) is 3.14. The zero-order valence-corrected chi connectivity index (χ0v) is 17.7. The summed E-state index contributed by atoms with van der Waals surface area (Å²) in [5.74, 6) is -0.123. The van der Waals surface area contributed by atoms with E-state index in [1.807, 2.05) is 0 Å². The predicted molar refractivity (Wildman–Crippen MR) is 109 cm³/mol. The smallest absolute Gasteiger partial charge is 0.381 e. The number of nitrogens with zero attached hydrogens (tertiary/aromatic N) is 1. The number of nitrogens with one attached hydrogen (secondary N) is 1. The first-order chi connectivity index (χ1) is 12.8. The van der Waals surface area contributed by atoms with Crippen molar-refractivity contribution in [3.8, 4) is 0 Å². The van der Waals surface area contributed by atoms with E-state index in [9.17, 15) is 18.0 Å². The van der Waals surface area contributed by atoms with E-state index >= 15 is 0 Å². The molecule has 0 radical (unpaired) electrons. The summed E-state index contributed by atoms with van der Waals surface area (Å²) >= 11 is 0. The highest BCUT2D eigenvalue weighted by Gasteiger charge is 2.37. The quantitative estimate of drug-likeness (QED) is 0.728. The maximum atomic E-state index is 12.8. The van der Waals surface area contributed by atoms with Crippen LogP contribution < -0.4 is 11.1 Å². The number of benzene rings is 1. The molecule has 1 aromatic rings. The number of hydrogen-bond donors (Lipinski definition) is 2. The van der Waals surface area contributed by atoms with Gasteiger partial charge in [0.2, 0.25) is 5.91 Å². The SMILES string of the molecule is Cl.Cl.NC1(C(=O)NC2CCN(Cc3cccc(C(F)(F)F)c3)CC2)CCOCC1. The average Bonchev–Trinajstić information content (AvgIpc) is 2.63. The molecule has 3 N–H and O–H groups in total. The van der Waals surface area contributed by atoms with Gasteiger partial charge in [-0.3, -0.25) is 9.69 Å². The molecule has 0 aromatic heterocycles. The Balaban J connectivity index is 0.00000210. The van der Waals surface area contributed by atoms with Crippen LogP contribution in [0.5, 0.6) is 0 Å². The molecule has 0 spiro atoms. The van der Waals surface area contributed by atoms with Gasteiger partial charge in [-0.25, -0.2) is 0 Å². The van der Waals surface area contributed by atoms with Crippen LogP contribution in [0.1, 0.15) is 36.8 Å². The fourth-order valence-electron chi connectivity index (χ4n) is 3.63. The summed E-state index contributed by atoms with van der Waals surface area (Å²) in [6.45, 7) is 2.92.